The van der Waals surface area contributed by atoms with E-state index in [9.17, 15) is 24.3 Å². The Hall–Kier alpha value is -2.57. The van der Waals surface area contributed by atoms with Gasteiger partial charge in [-0.05, 0) is 5.56 Å². The van der Waals surface area contributed by atoms with E-state index in [0.29, 0.717) is 64.7 Å². The van der Waals surface area contributed by atoms with Crippen LogP contribution in [0.2, 0.25) is 0 Å². The van der Waals surface area contributed by atoms with Crippen LogP contribution in [0.1, 0.15) is 59.0 Å². The Morgan fingerprint density at radius 2 is 1.32 bits per heavy atom. The number of carbonyl (C=O) groups excluding carboxylic acids is 4. The predicted octanol–water partition coefficient (Wildman–Crippen LogP) is -1.32. The van der Waals surface area contributed by atoms with Crippen LogP contribution in [0, 0.1) is 0 Å². The normalized spacial score (nSPS) is 18.9. The minimum atomic E-state index is -0.681. The fourth-order valence-corrected chi connectivity index (χ4v) is 4.41. The summed E-state index contributed by atoms with van der Waals surface area (Å²) in [6, 6.07) is 19.2. The van der Waals surface area contributed by atoms with Crippen molar-refractivity contribution < 1.29 is 102 Å². The van der Waals surface area contributed by atoms with E-state index >= 15 is 0 Å². The van der Waals surface area contributed by atoms with Crippen LogP contribution in [-0.2, 0) is 59.0 Å². The summed E-state index contributed by atoms with van der Waals surface area (Å²) >= 11 is 5.27. The monoisotopic (exact) mass is 912 g/mol. The second kappa shape index (κ2) is 37.8. The van der Waals surface area contributed by atoms with E-state index in [0.717, 1.165) is 51.9 Å². The third-order valence-electron chi connectivity index (χ3n) is 7.61. The van der Waals surface area contributed by atoms with E-state index < -0.39 is 29.1 Å². The summed E-state index contributed by atoms with van der Waals surface area (Å²) in [6.45, 7) is 10.8. The zero-order valence-electron chi connectivity index (χ0n) is 34.2. The van der Waals surface area contributed by atoms with Crippen LogP contribution in [0.4, 0.5) is 0 Å². The predicted molar refractivity (Wildman–Crippen MR) is 231 cm³/mol. The largest absolute Gasteiger partial charge is 1.00 e. The first-order chi connectivity index (χ1) is 27.7. The van der Waals surface area contributed by atoms with Gasteiger partial charge in [0.25, 0.3) is 0 Å². The van der Waals surface area contributed by atoms with Gasteiger partial charge in [-0.25, -0.2) is 19.4 Å². The zero-order valence-corrected chi connectivity index (χ0v) is 36.9. The molecule has 0 aliphatic carbocycles. The number of aldehydes is 1. The minimum absolute atomic E-state index is 0. The smallest absolute Gasteiger partial charge is 0.793 e. The maximum Gasteiger partial charge on any atom is 1.00 e. The van der Waals surface area contributed by atoms with Gasteiger partial charge in [-0.15, -0.1) is 11.6 Å². The van der Waals surface area contributed by atoms with E-state index in [4.69, 9.17) is 51.2 Å². The van der Waals surface area contributed by atoms with Crippen molar-refractivity contribution in [2.24, 2.45) is 5.73 Å². The molecule has 5 heterocycles. The van der Waals surface area contributed by atoms with Gasteiger partial charge in [-0.2, -0.15) is 0 Å². The Labute approximate surface area is 395 Å². The number of alkyl halides is 1. The summed E-state index contributed by atoms with van der Waals surface area (Å²) in [5, 5.41) is 33.9. The van der Waals surface area contributed by atoms with Gasteiger partial charge in [0.15, 0.2) is 0 Å². The molecule has 1 spiro atoms. The first-order valence-electron chi connectivity index (χ1n) is 18.2. The standard InChI is InChI=1S/C11H15NO2.C7H13NO3.C7H6O.C4H9NO2.C4H6O4.C3H5ClO.C2H3BO2.3CH4.Na/c13-11(8-14-9-11)7-12-6-10-4-2-1-3-5-10;9-2-6-1-8-3-7(11-6)4-10-5-7;8-6-7-4-2-1-3-5-7;5-1-4(6)2-7-3-4;1-3(5)7-8-4(2)6;4-1-3-2-5-3;1-2(4)5-3;;;;/h1-5,12-13H,6-9H2;6,8-9H,1-5H2;1-6H;6H,1-3,5H2;1-2H3;3H,1-2H2;1H3;3*1H4;/q;;;;;;-1;;;;+1. The number of nitrogens with two attached hydrogens (primary N) is 1. The van der Waals surface area contributed by atoms with E-state index in [2.05, 4.69) is 45.2 Å². The fraction of sp³-hybridized carbons (Fsp3) is 0.610. The van der Waals surface area contributed by atoms with Crippen LogP contribution in [0.3, 0.4) is 0 Å². The van der Waals surface area contributed by atoms with E-state index in [1.165, 1.54) is 12.5 Å². The molecule has 7 N–H and O–H groups in total. The molecule has 7 rings (SSSR count). The molecule has 0 aromatic heterocycles. The summed E-state index contributed by atoms with van der Waals surface area (Å²) in [4.78, 5) is 46.8. The van der Waals surface area contributed by atoms with E-state index in [1.54, 1.807) is 12.1 Å². The number of hydrogen-bond acceptors (Lipinski definition) is 18. The Morgan fingerprint density at radius 3 is 1.60 bits per heavy atom. The molecule has 349 valence electrons. The maximum absolute atomic E-state index is 10.0. The molecule has 2 aromatic rings. The molecule has 5 aliphatic heterocycles. The molecular weight excluding hydrogens is 844 g/mol. The summed E-state index contributed by atoms with van der Waals surface area (Å²) < 4.78 is 28.7. The minimum Gasteiger partial charge on any atom is -0.793 e. The number of aliphatic hydroxyl groups is 3. The third-order valence-corrected chi connectivity index (χ3v) is 7.96. The Kier molecular flexibility index (Phi) is 40.2. The second-order valence-electron chi connectivity index (χ2n) is 13.4. The second-order valence-corrected chi connectivity index (χ2v) is 13.7. The number of benzene rings is 2. The molecule has 2 atom stereocenters. The summed E-state index contributed by atoms with van der Waals surface area (Å²) in [6.07, 6.45) is 1.18. The molecule has 18 nitrogen and oxygen atoms in total. The summed E-state index contributed by atoms with van der Waals surface area (Å²) in [5.74, 6) is -1.08. The average molecular weight is 913 g/mol. The SMILES string of the molecule is C.C.C.CC(=O)OOC(C)=O.ClCC1CO1.NCC1(O)COC1.O=Cc1ccccc1.OC1(CNCc2ccccc2)COC1.OCC1CNCC2(COC2)O1.[B-]OC(C)=O.[Na+]. The third kappa shape index (κ3) is 32.1. The number of aliphatic hydroxyl groups excluding tert-OH is 1. The fourth-order valence-electron chi connectivity index (χ4n) is 4.24. The number of carbonyl (C=O) groups is 4. The van der Waals surface area contributed by atoms with E-state index in [1.807, 2.05) is 36.4 Å². The van der Waals surface area contributed by atoms with Crippen LogP contribution >= 0.6 is 11.6 Å². The average Bonchev–Trinajstić information content (AvgIpc) is 4.05. The number of ether oxygens (including phenoxy) is 5. The van der Waals surface area contributed by atoms with Crippen LogP contribution in [0.25, 0.3) is 0 Å². The molecule has 5 aliphatic rings. The molecule has 5 fully saturated rings. The van der Waals surface area contributed by atoms with Gasteiger partial charge in [0.2, 0.25) is 5.97 Å². The van der Waals surface area contributed by atoms with Crippen LogP contribution in [0.15, 0.2) is 60.7 Å². The first kappa shape index (κ1) is 66.0. The molecule has 0 amide bonds. The van der Waals surface area contributed by atoms with Crippen LogP contribution in [0.5, 0.6) is 0 Å². The van der Waals surface area contributed by atoms with Crippen molar-refractivity contribution >= 4 is 43.8 Å². The van der Waals surface area contributed by atoms with Gasteiger partial charge in [-0.3, -0.25) is 9.59 Å². The number of halogens is 1. The number of epoxide rings is 1. The van der Waals surface area contributed by atoms with Crippen molar-refractivity contribution in [1.29, 1.82) is 0 Å². The van der Waals surface area contributed by atoms with Gasteiger partial charge < -0.3 is 68.1 Å². The van der Waals surface area contributed by atoms with Crippen molar-refractivity contribution in [1.82, 2.24) is 10.6 Å². The van der Waals surface area contributed by atoms with Crippen molar-refractivity contribution in [3.8, 4) is 0 Å². The van der Waals surface area contributed by atoms with Gasteiger partial charge >= 0.3 is 41.5 Å². The molecule has 5 saturated heterocycles. The molecule has 0 bridgehead atoms. The summed E-state index contributed by atoms with van der Waals surface area (Å²) in [7, 11) is 4.32. The number of rotatable bonds is 8. The molecule has 0 saturated carbocycles. The summed E-state index contributed by atoms with van der Waals surface area (Å²) in [5.41, 5.74) is 5.67. The number of nitrogens with one attached hydrogen (secondary N) is 2. The van der Waals surface area contributed by atoms with Crippen molar-refractivity contribution in [2.75, 3.05) is 84.9 Å². The Morgan fingerprint density at radius 1 is 0.855 bits per heavy atom. The first-order valence-corrected chi connectivity index (χ1v) is 18.7. The van der Waals surface area contributed by atoms with Gasteiger partial charge in [0.05, 0.1) is 70.9 Å². The van der Waals surface area contributed by atoms with E-state index in [-0.39, 0.29) is 70.1 Å². The maximum atomic E-state index is 10.0. The van der Waals surface area contributed by atoms with Gasteiger partial charge in [-0.1, -0.05) is 82.9 Å². The molecule has 21 heteroatoms. The zero-order chi connectivity index (χ0) is 43.3. The van der Waals surface area contributed by atoms with Gasteiger partial charge in [0, 0.05) is 59.1 Å². The van der Waals surface area contributed by atoms with Crippen molar-refractivity contribution in [2.45, 2.75) is 78.6 Å². The quantitative estimate of drug-likeness (QED) is 0.0448. The van der Waals surface area contributed by atoms with Crippen molar-refractivity contribution in [3.63, 3.8) is 0 Å². The molecule has 62 heavy (non-hydrogen) atoms. The molecule has 2 aromatic carbocycles. The Bertz CT molecular complexity index is 1410. The Balaban J connectivity index is -0.000000322. The van der Waals surface area contributed by atoms with Crippen LogP contribution < -0.4 is 45.9 Å². The number of morpholine rings is 1. The van der Waals surface area contributed by atoms with Crippen molar-refractivity contribution in [3.05, 3.63) is 71.8 Å². The molecular formula is C41H69BClN3NaO15. The van der Waals surface area contributed by atoms with Crippen LogP contribution in [-0.4, -0.2) is 161 Å². The number of hydrogen-bond donors (Lipinski definition) is 6. The molecule has 2 unspecified atom stereocenters. The topological polar surface area (TPSA) is 256 Å². The van der Waals surface area contributed by atoms with Gasteiger partial charge in [0.1, 0.15) is 23.1 Å². The molecule has 3 radical (unpaired) electrons.